The molecule has 1 aliphatic rings. The molecule has 1 aromatic heterocycles. The number of carbonyl (C=O) groups is 1. The van der Waals surface area contributed by atoms with Crippen molar-refractivity contribution in [1.29, 1.82) is 0 Å². The minimum Gasteiger partial charge on any atom is -0.369 e. The standard InChI is InChI=1S/C23H24F2N6O4S/c24-19-6-3-17(13-20(19)25)28-21-7-10-27-23(30-21)29-16-1-4-18(5-2-16)36(33,34)14-35-31-11-8-15(9-12-31)22(26)32/h1-7,10,13,15H,8-9,11-12,14H2,(H2,26,32)(H2,27,28,29,30). The van der Waals surface area contributed by atoms with Gasteiger partial charge in [-0.2, -0.15) is 10.0 Å². The molecule has 1 amide bonds. The maximum Gasteiger partial charge on any atom is 0.229 e. The third-order valence-corrected chi connectivity index (χ3v) is 6.97. The molecule has 0 saturated carbocycles. The Morgan fingerprint density at radius 1 is 1.03 bits per heavy atom. The third kappa shape index (κ3) is 6.50. The zero-order chi connectivity index (χ0) is 25.7. The van der Waals surface area contributed by atoms with Crippen LogP contribution >= 0.6 is 0 Å². The Balaban J connectivity index is 1.34. The van der Waals surface area contributed by atoms with Gasteiger partial charge < -0.3 is 16.4 Å². The number of nitrogens with one attached hydrogen (secondary N) is 2. The number of amides is 1. The van der Waals surface area contributed by atoms with Gasteiger partial charge in [0.15, 0.2) is 17.6 Å². The number of halogens is 2. The fraction of sp³-hybridized carbons (Fsp3) is 0.261. The van der Waals surface area contributed by atoms with Gasteiger partial charge in [0, 0.05) is 42.6 Å². The van der Waals surface area contributed by atoms with Crippen molar-refractivity contribution >= 4 is 38.9 Å². The quantitative estimate of drug-likeness (QED) is 0.390. The normalized spacial score (nSPS) is 14.9. The first-order valence-corrected chi connectivity index (χ1v) is 12.7. The molecule has 0 radical (unpaired) electrons. The van der Waals surface area contributed by atoms with Crippen molar-refractivity contribution in [3.05, 3.63) is 66.4 Å². The fourth-order valence-corrected chi connectivity index (χ4v) is 4.54. The van der Waals surface area contributed by atoms with E-state index in [1.165, 1.54) is 29.5 Å². The summed E-state index contributed by atoms with van der Waals surface area (Å²) >= 11 is 0. The van der Waals surface area contributed by atoms with E-state index in [1.807, 2.05) is 0 Å². The molecule has 10 nitrogen and oxygen atoms in total. The first kappa shape index (κ1) is 25.4. The van der Waals surface area contributed by atoms with Crippen LogP contribution in [-0.2, 0) is 19.5 Å². The second-order valence-corrected chi connectivity index (χ2v) is 10.1. The molecule has 0 spiro atoms. The molecule has 2 aromatic carbocycles. The molecule has 1 fully saturated rings. The summed E-state index contributed by atoms with van der Waals surface area (Å²) in [6.07, 6.45) is 2.52. The average molecular weight is 519 g/mol. The molecule has 0 unspecified atom stereocenters. The molecule has 4 rings (SSSR count). The van der Waals surface area contributed by atoms with Gasteiger partial charge in [-0.15, -0.1) is 0 Å². The van der Waals surface area contributed by atoms with Gasteiger partial charge in [-0.3, -0.25) is 9.63 Å². The predicted molar refractivity (Wildman–Crippen MR) is 128 cm³/mol. The molecule has 3 aromatic rings. The highest BCUT2D eigenvalue weighted by Gasteiger charge is 2.25. The van der Waals surface area contributed by atoms with E-state index in [1.54, 1.807) is 18.2 Å². The predicted octanol–water partition coefficient (Wildman–Crippen LogP) is 3.10. The number of hydroxylamine groups is 2. The first-order chi connectivity index (χ1) is 17.2. The molecule has 36 heavy (non-hydrogen) atoms. The summed E-state index contributed by atoms with van der Waals surface area (Å²) in [5.74, 6) is -2.48. The number of nitrogens with two attached hydrogens (primary N) is 1. The minimum atomic E-state index is -3.71. The number of nitrogens with zero attached hydrogens (tertiary/aromatic N) is 3. The summed E-state index contributed by atoms with van der Waals surface area (Å²) < 4.78 is 51.8. The smallest absolute Gasteiger partial charge is 0.229 e. The summed E-state index contributed by atoms with van der Waals surface area (Å²) in [4.78, 5) is 25.1. The number of sulfone groups is 1. The van der Waals surface area contributed by atoms with Gasteiger partial charge >= 0.3 is 0 Å². The third-order valence-electron chi connectivity index (χ3n) is 5.56. The molecular formula is C23H24F2N6O4S. The van der Waals surface area contributed by atoms with E-state index >= 15 is 0 Å². The van der Waals surface area contributed by atoms with Gasteiger partial charge in [-0.25, -0.2) is 22.2 Å². The van der Waals surface area contributed by atoms with Crippen LogP contribution in [0.3, 0.4) is 0 Å². The highest BCUT2D eigenvalue weighted by molar-refractivity contribution is 7.91. The first-order valence-electron chi connectivity index (χ1n) is 11.0. The molecule has 13 heteroatoms. The van der Waals surface area contributed by atoms with Gasteiger partial charge in [0.1, 0.15) is 5.82 Å². The van der Waals surface area contributed by atoms with Crippen LogP contribution in [0.2, 0.25) is 0 Å². The van der Waals surface area contributed by atoms with Gasteiger partial charge in [-0.1, -0.05) is 0 Å². The second-order valence-electron chi connectivity index (χ2n) is 8.14. The van der Waals surface area contributed by atoms with Crippen molar-refractivity contribution in [1.82, 2.24) is 15.0 Å². The van der Waals surface area contributed by atoms with Crippen molar-refractivity contribution in [3.8, 4) is 0 Å². The van der Waals surface area contributed by atoms with Crippen LogP contribution in [0.15, 0.2) is 59.6 Å². The van der Waals surface area contributed by atoms with Gasteiger partial charge in [0.2, 0.25) is 21.7 Å². The average Bonchev–Trinajstić information content (AvgIpc) is 2.86. The van der Waals surface area contributed by atoms with Crippen molar-refractivity contribution < 1.29 is 26.8 Å². The van der Waals surface area contributed by atoms with E-state index in [0.717, 1.165) is 12.1 Å². The van der Waals surface area contributed by atoms with Crippen LogP contribution < -0.4 is 16.4 Å². The highest BCUT2D eigenvalue weighted by Crippen LogP contribution is 2.22. The second kappa shape index (κ2) is 10.9. The largest absolute Gasteiger partial charge is 0.369 e. The highest BCUT2D eigenvalue weighted by atomic mass is 32.2. The number of piperidine rings is 1. The lowest BCUT2D eigenvalue weighted by molar-refractivity contribution is -0.160. The number of aromatic nitrogens is 2. The van der Waals surface area contributed by atoms with Crippen LogP contribution in [0, 0.1) is 17.6 Å². The topological polar surface area (TPSA) is 140 Å². The molecule has 4 N–H and O–H groups in total. The van der Waals surface area contributed by atoms with Crippen molar-refractivity contribution in [2.45, 2.75) is 17.7 Å². The van der Waals surface area contributed by atoms with Gasteiger partial charge in [0.05, 0.1) is 4.90 Å². The Morgan fingerprint density at radius 2 is 1.72 bits per heavy atom. The number of rotatable bonds is 9. The molecular weight excluding hydrogens is 494 g/mol. The number of anilines is 4. The molecule has 1 saturated heterocycles. The van der Waals surface area contributed by atoms with E-state index in [4.69, 9.17) is 10.6 Å². The van der Waals surface area contributed by atoms with Crippen molar-refractivity contribution in [2.75, 3.05) is 29.7 Å². The summed E-state index contributed by atoms with van der Waals surface area (Å²) in [6.45, 7) is 0.853. The number of benzene rings is 2. The number of hydrogen-bond donors (Lipinski definition) is 3. The maximum absolute atomic E-state index is 13.4. The molecule has 190 valence electrons. The summed E-state index contributed by atoms with van der Waals surface area (Å²) in [6, 6.07) is 10.9. The fourth-order valence-electron chi connectivity index (χ4n) is 3.57. The van der Waals surface area contributed by atoms with Crippen LogP contribution in [0.4, 0.5) is 31.9 Å². The summed E-state index contributed by atoms with van der Waals surface area (Å²) in [5.41, 5.74) is 6.15. The molecule has 0 atom stereocenters. The summed E-state index contributed by atoms with van der Waals surface area (Å²) in [5, 5.41) is 7.35. The van der Waals surface area contributed by atoms with E-state index in [-0.39, 0.29) is 22.7 Å². The van der Waals surface area contributed by atoms with E-state index in [0.29, 0.717) is 43.1 Å². The Kier molecular flexibility index (Phi) is 7.72. The Bertz CT molecular complexity index is 1330. The van der Waals surface area contributed by atoms with Crippen molar-refractivity contribution in [3.63, 3.8) is 0 Å². The Morgan fingerprint density at radius 3 is 2.39 bits per heavy atom. The zero-order valence-corrected chi connectivity index (χ0v) is 19.8. The Hall–Kier alpha value is -3.68. The van der Waals surface area contributed by atoms with E-state index in [9.17, 15) is 22.0 Å². The minimum absolute atomic E-state index is 0.0785. The number of primary amides is 1. The lowest BCUT2D eigenvalue weighted by atomic mass is 9.97. The zero-order valence-electron chi connectivity index (χ0n) is 19.0. The molecule has 1 aliphatic heterocycles. The Labute approximate surface area is 206 Å². The monoisotopic (exact) mass is 518 g/mol. The lowest BCUT2D eigenvalue weighted by Gasteiger charge is -2.29. The van der Waals surface area contributed by atoms with Gasteiger partial charge in [0.25, 0.3) is 0 Å². The SMILES string of the molecule is NC(=O)C1CCN(OCS(=O)(=O)c2ccc(Nc3nccc(Nc4ccc(F)c(F)c4)n3)cc2)CC1. The molecule has 0 bridgehead atoms. The maximum atomic E-state index is 13.4. The van der Waals surface area contributed by atoms with Crippen LogP contribution in [-0.4, -0.2) is 48.4 Å². The molecule has 2 heterocycles. The van der Waals surface area contributed by atoms with Crippen molar-refractivity contribution in [2.24, 2.45) is 11.7 Å². The van der Waals surface area contributed by atoms with E-state index in [2.05, 4.69) is 20.6 Å². The lowest BCUT2D eigenvalue weighted by Crippen LogP contribution is -2.39. The number of carbonyl (C=O) groups excluding carboxylic acids is 1. The van der Waals surface area contributed by atoms with Crippen LogP contribution in [0.25, 0.3) is 0 Å². The number of hydrogen-bond acceptors (Lipinski definition) is 9. The van der Waals surface area contributed by atoms with Crippen LogP contribution in [0.1, 0.15) is 12.8 Å². The van der Waals surface area contributed by atoms with Gasteiger partial charge in [-0.05, 0) is 55.3 Å². The molecule has 0 aliphatic carbocycles. The van der Waals surface area contributed by atoms with Crippen LogP contribution in [0.5, 0.6) is 0 Å². The van der Waals surface area contributed by atoms with E-state index < -0.39 is 27.4 Å². The summed E-state index contributed by atoms with van der Waals surface area (Å²) in [7, 11) is -3.71.